The van der Waals surface area contributed by atoms with Gasteiger partial charge in [0.2, 0.25) is 0 Å². The summed E-state index contributed by atoms with van der Waals surface area (Å²) >= 11 is 0. The van der Waals surface area contributed by atoms with E-state index in [0.717, 1.165) is 24.0 Å². The third kappa shape index (κ3) is 2.31. The van der Waals surface area contributed by atoms with Gasteiger partial charge in [0.1, 0.15) is 5.69 Å². The van der Waals surface area contributed by atoms with Crippen molar-refractivity contribution in [2.24, 2.45) is 0 Å². The second kappa shape index (κ2) is 5.45. The SMILES string of the molecule is C=CCn1nc(-c2ccc3c(c2)CCCC3)cc1C=O. The predicted molar refractivity (Wildman–Crippen MR) is 79.9 cm³/mol. The zero-order chi connectivity index (χ0) is 13.9. The molecule has 1 aromatic carbocycles. The summed E-state index contributed by atoms with van der Waals surface area (Å²) in [6.45, 7) is 4.25. The first-order valence-corrected chi connectivity index (χ1v) is 7.08. The number of carbonyl (C=O) groups excluding carboxylic acids is 1. The van der Waals surface area contributed by atoms with Crippen LogP contribution in [0.4, 0.5) is 0 Å². The Morgan fingerprint density at radius 3 is 2.75 bits per heavy atom. The largest absolute Gasteiger partial charge is 0.296 e. The maximum atomic E-state index is 11.1. The molecule has 0 N–H and O–H groups in total. The Hall–Kier alpha value is -2.16. The van der Waals surface area contributed by atoms with Crippen molar-refractivity contribution in [3.8, 4) is 11.3 Å². The zero-order valence-electron chi connectivity index (χ0n) is 11.5. The number of aryl methyl sites for hydroxylation is 2. The Morgan fingerprint density at radius 1 is 1.20 bits per heavy atom. The Bertz CT molecular complexity index is 655. The molecule has 3 nitrogen and oxygen atoms in total. The highest BCUT2D eigenvalue weighted by Gasteiger charge is 2.13. The first-order chi connectivity index (χ1) is 9.81. The van der Waals surface area contributed by atoms with Gasteiger partial charge in [-0.05, 0) is 48.9 Å². The van der Waals surface area contributed by atoms with E-state index in [0.29, 0.717) is 12.2 Å². The average molecular weight is 266 g/mol. The molecule has 3 heteroatoms. The van der Waals surface area contributed by atoms with Gasteiger partial charge in [0, 0.05) is 5.56 Å². The monoisotopic (exact) mass is 266 g/mol. The van der Waals surface area contributed by atoms with Gasteiger partial charge in [-0.25, -0.2) is 0 Å². The van der Waals surface area contributed by atoms with Gasteiger partial charge in [-0.2, -0.15) is 5.10 Å². The zero-order valence-corrected chi connectivity index (χ0v) is 11.5. The molecule has 0 radical (unpaired) electrons. The van der Waals surface area contributed by atoms with E-state index in [2.05, 4.69) is 29.9 Å². The third-order valence-corrected chi connectivity index (χ3v) is 3.88. The highest BCUT2D eigenvalue weighted by Crippen LogP contribution is 2.27. The van der Waals surface area contributed by atoms with Crippen LogP contribution in [0.5, 0.6) is 0 Å². The van der Waals surface area contributed by atoms with Crippen molar-refractivity contribution < 1.29 is 4.79 Å². The van der Waals surface area contributed by atoms with Crippen molar-refractivity contribution in [1.82, 2.24) is 9.78 Å². The van der Waals surface area contributed by atoms with Crippen LogP contribution in [-0.4, -0.2) is 16.1 Å². The molecule has 1 aliphatic rings. The number of nitrogens with zero attached hydrogens (tertiary/aromatic N) is 2. The van der Waals surface area contributed by atoms with Gasteiger partial charge in [0.25, 0.3) is 0 Å². The summed E-state index contributed by atoms with van der Waals surface area (Å²) < 4.78 is 1.69. The Balaban J connectivity index is 2.00. The normalized spacial score (nSPS) is 13.8. The Kier molecular flexibility index (Phi) is 3.50. The molecule has 0 aliphatic heterocycles. The molecule has 0 unspecified atom stereocenters. The van der Waals surface area contributed by atoms with E-state index in [1.165, 1.54) is 30.4 Å². The van der Waals surface area contributed by atoms with E-state index in [4.69, 9.17) is 0 Å². The molecule has 102 valence electrons. The van der Waals surface area contributed by atoms with Crippen LogP contribution in [0.15, 0.2) is 36.9 Å². The van der Waals surface area contributed by atoms with Crippen molar-refractivity contribution in [1.29, 1.82) is 0 Å². The summed E-state index contributed by atoms with van der Waals surface area (Å²) in [5.41, 5.74) is 5.44. The van der Waals surface area contributed by atoms with Gasteiger partial charge in [0.15, 0.2) is 6.29 Å². The molecular weight excluding hydrogens is 248 g/mol. The maximum absolute atomic E-state index is 11.1. The van der Waals surface area contributed by atoms with Crippen LogP contribution in [0.3, 0.4) is 0 Å². The first kappa shape index (κ1) is 12.9. The summed E-state index contributed by atoms with van der Waals surface area (Å²) in [6.07, 6.45) is 7.47. The lowest BCUT2D eigenvalue weighted by Gasteiger charge is -2.15. The molecule has 0 bridgehead atoms. The number of carbonyl (C=O) groups is 1. The molecule has 0 saturated heterocycles. The highest BCUT2D eigenvalue weighted by atomic mass is 16.1. The lowest BCUT2D eigenvalue weighted by Crippen LogP contribution is -2.03. The summed E-state index contributed by atoms with van der Waals surface area (Å²) in [7, 11) is 0. The van der Waals surface area contributed by atoms with E-state index in [9.17, 15) is 4.79 Å². The molecule has 0 spiro atoms. The van der Waals surface area contributed by atoms with Gasteiger partial charge in [0.05, 0.1) is 12.2 Å². The molecule has 3 rings (SSSR count). The van der Waals surface area contributed by atoms with Gasteiger partial charge in [-0.3, -0.25) is 9.48 Å². The van der Waals surface area contributed by atoms with Crippen LogP contribution < -0.4 is 0 Å². The topological polar surface area (TPSA) is 34.9 Å². The number of hydrogen-bond donors (Lipinski definition) is 0. The fourth-order valence-corrected chi connectivity index (χ4v) is 2.83. The molecule has 1 heterocycles. The van der Waals surface area contributed by atoms with Gasteiger partial charge >= 0.3 is 0 Å². The number of fused-ring (bicyclic) bond motifs is 1. The quantitative estimate of drug-likeness (QED) is 0.627. The van der Waals surface area contributed by atoms with Crippen LogP contribution >= 0.6 is 0 Å². The van der Waals surface area contributed by atoms with Gasteiger partial charge in [-0.1, -0.05) is 18.2 Å². The Labute approximate surface area is 118 Å². The molecule has 0 saturated carbocycles. The van der Waals surface area contributed by atoms with Crippen LogP contribution in [0.1, 0.15) is 34.5 Å². The van der Waals surface area contributed by atoms with Gasteiger partial charge in [-0.15, -0.1) is 6.58 Å². The minimum Gasteiger partial charge on any atom is -0.296 e. The summed E-state index contributed by atoms with van der Waals surface area (Å²) in [6, 6.07) is 8.39. The third-order valence-electron chi connectivity index (χ3n) is 3.88. The molecule has 20 heavy (non-hydrogen) atoms. The smallest absolute Gasteiger partial charge is 0.168 e. The van der Waals surface area contributed by atoms with Crippen LogP contribution in [-0.2, 0) is 19.4 Å². The second-order valence-corrected chi connectivity index (χ2v) is 5.23. The summed E-state index contributed by atoms with van der Waals surface area (Å²) in [5, 5.41) is 4.50. The van der Waals surface area contributed by atoms with E-state index in [-0.39, 0.29) is 0 Å². The number of benzene rings is 1. The number of rotatable bonds is 4. The lowest BCUT2D eigenvalue weighted by molar-refractivity contribution is 0.111. The van der Waals surface area contributed by atoms with Crippen LogP contribution in [0.25, 0.3) is 11.3 Å². The van der Waals surface area contributed by atoms with Crippen molar-refractivity contribution in [2.45, 2.75) is 32.2 Å². The molecule has 1 aromatic heterocycles. The van der Waals surface area contributed by atoms with Crippen molar-refractivity contribution >= 4 is 6.29 Å². The van der Waals surface area contributed by atoms with Crippen molar-refractivity contribution in [3.05, 3.63) is 53.7 Å². The van der Waals surface area contributed by atoms with Crippen LogP contribution in [0.2, 0.25) is 0 Å². The second-order valence-electron chi connectivity index (χ2n) is 5.23. The Morgan fingerprint density at radius 2 is 2.00 bits per heavy atom. The predicted octanol–water partition coefficient (Wildman–Crippen LogP) is 3.43. The molecule has 2 aromatic rings. The lowest BCUT2D eigenvalue weighted by atomic mass is 9.90. The molecule has 1 aliphatic carbocycles. The van der Waals surface area contributed by atoms with E-state index >= 15 is 0 Å². The molecular formula is C17H18N2O. The first-order valence-electron chi connectivity index (χ1n) is 7.08. The maximum Gasteiger partial charge on any atom is 0.168 e. The molecule has 0 atom stereocenters. The summed E-state index contributed by atoms with van der Waals surface area (Å²) in [4.78, 5) is 11.1. The number of allylic oxidation sites excluding steroid dienone is 1. The number of aldehydes is 1. The van der Waals surface area contributed by atoms with E-state index in [1.54, 1.807) is 10.8 Å². The van der Waals surface area contributed by atoms with Crippen LogP contribution in [0, 0.1) is 0 Å². The molecule has 0 fully saturated rings. The molecule has 0 amide bonds. The van der Waals surface area contributed by atoms with E-state index in [1.807, 2.05) is 6.07 Å². The standard InChI is InChI=1S/C17H18N2O/c1-2-9-19-16(12-20)11-17(18-19)15-8-7-13-5-3-4-6-14(13)10-15/h2,7-8,10-12H,1,3-6,9H2. The highest BCUT2D eigenvalue weighted by molar-refractivity contribution is 5.76. The minimum atomic E-state index is 0.555. The average Bonchev–Trinajstić information content (AvgIpc) is 2.90. The van der Waals surface area contributed by atoms with E-state index < -0.39 is 0 Å². The fourth-order valence-electron chi connectivity index (χ4n) is 2.83. The fraction of sp³-hybridized carbons (Fsp3) is 0.294. The van der Waals surface area contributed by atoms with Crippen molar-refractivity contribution in [2.75, 3.05) is 0 Å². The number of aromatic nitrogens is 2. The van der Waals surface area contributed by atoms with Gasteiger partial charge < -0.3 is 0 Å². The van der Waals surface area contributed by atoms with Crippen molar-refractivity contribution in [3.63, 3.8) is 0 Å². The minimum absolute atomic E-state index is 0.555. The number of hydrogen-bond acceptors (Lipinski definition) is 2. The summed E-state index contributed by atoms with van der Waals surface area (Å²) in [5.74, 6) is 0.